The molecule has 0 aliphatic heterocycles. The fourth-order valence-electron chi connectivity index (χ4n) is 6.17. The fraction of sp³-hybridized carbons (Fsp3) is 0.400. The highest BCUT2D eigenvalue weighted by Gasteiger charge is 2.29. The van der Waals surface area contributed by atoms with E-state index in [4.69, 9.17) is 46.4 Å². The number of rotatable bonds is 17. The maximum atomic E-state index is 6.33. The topological polar surface area (TPSA) is 6.48 Å². The number of anilines is 4. The SMILES string of the molecule is CCc1ccc(CCCl)cc1N(c1cc(CCCl)ccc1CC)N(c1cc(CCCl)ccc1CC)c1cc(CCCl)ccc1CC. The lowest BCUT2D eigenvalue weighted by Gasteiger charge is -2.42. The Morgan fingerprint density at radius 2 is 0.587 bits per heavy atom. The van der Waals surface area contributed by atoms with Gasteiger partial charge in [-0.25, -0.2) is 10.0 Å². The van der Waals surface area contributed by atoms with Gasteiger partial charge in [-0.15, -0.1) is 46.4 Å². The van der Waals surface area contributed by atoms with Gasteiger partial charge in [-0.1, -0.05) is 76.2 Å². The highest BCUT2D eigenvalue weighted by atomic mass is 35.5. The van der Waals surface area contributed by atoms with Crippen LogP contribution in [0.2, 0.25) is 0 Å². The van der Waals surface area contributed by atoms with Crippen molar-refractivity contribution in [3.8, 4) is 0 Å². The van der Waals surface area contributed by atoms with Crippen molar-refractivity contribution in [1.82, 2.24) is 0 Å². The molecule has 4 aromatic rings. The van der Waals surface area contributed by atoms with Gasteiger partial charge in [-0.3, -0.25) is 0 Å². The fourth-order valence-corrected chi connectivity index (χ4v) is 7.04. The van der Waals surface area contributed by atoms with Gasteiger partial charge in [0.05, 0.1) is 22.7 Å². The molecule has 0 aromatic heterocycles. The number of hydrogen-bond donors (Lipinski definition) is 0. The third-order valence-electron chi connectivity index (χ3n) is 8.77. The molecule has 2 nitrogen and oxygen atoms in total. The van der Waals surface area contributed by atoms with E-state index in [2.05, 4.69) is 111 Å². The first-order chi connectivity index (χ1) is 22.5. The van der Waals surface area contributed by atoms with E-state index in [0.29, 0.717) is 23.5 Å². The van der Waals surface area contributed by atoms with Crippen LogP contribution in [0.1, 0.15) is 72.2 Å². The average Bonchev–Trinajstić information content (AvgIpc) is 3.08. The van der Waals surface area contributed by atoms with Crippen molar-refractivity contribution in [2.75, 3.05) is 33.5 Å². The van der Waals surface area contributed by atoms with Crippen LogP contribution >= 0.6 is 46.4 Å². The second-order valence-electron chi connectivity index (χ2n) is 11.6. The second-order valence-corrected chi connectivity index (χ2v) is 13.2. The van der Waals surface area contributed by atoms with Gasteiger partial charge in [-0.2, -0.15) is 0 Å². The minimum absolute atomic E-state index is 0.570. The van der Waals surface area contributed by atoms with Crippen molar-refractivity contribution in [2.45, 2.75) is 79.1 Å². The normalized spacial score (nSPS) is 11.2. The van der Waals surface area contributed by atoms with Crippen LogP contribution in [0.4, 0.5) is 22.7 Å². The maximum Gasteiger partial charge on any atom is 0.0671 e. The lowest BCUT2D eigenvalue weighted by molar-refractivity contribution is 0.916. The summed E-state index contributed by atoms with van der Waals surface area (Å²) in [6.45, 7) is 8.96. The van der Waals surface area contributed by atoms with Crippen LogP contribution in [-0.2, 0) is 51.4 Å². The van der Waals surface area contributed by atoms with Gasteiger partial charge in [0.25, 0.3) is 0 Å². The quantitative estimate of drug-likeness (QED) is 0.0800. The molecule has 0 unspecified atom stereocenters. The summed E-state index contributed by atoms with van der Waals surface area (Å²) < 4.78 is 0. The van der Waals surface area contributed by atoms with Crippen molar-refractivity contribution in [3.63, 3.8) is 0 Å². The minimum atomic E-state index is 0.570. The van der Waals surface area contributed by atoms with Crippen LogP contribution in [0.15, 0.2) is 72.8 Å². The molecule has 0 aliphatic carbocycles. The molecular weight excluding hydrogens is 650 g/mol. The lowest BCUT2D eigenvalue weighted by atomic mass is 9.99. The first-order valence-electron chi connectivity index (χ1n) is 16.8. The van der Waals surface area contributed by atoms with Crippen molar-refractivity contribution in [1.29, 1.82) is 0 Å². The number of alkyl halides is 4. The molecule has 0 heterocycles. The van der Waals surface area contributed by atoms with Gasteiger partial charge < -0.3 is 0 Å². The summed E-state index contributed by atoms with van der Waals surface area (Å²) in [5, 5.41) is 4.98. The Morgan fingerprint density at radius 1 is 0.370 bits per heavy atom. The van der Waals surface area contributed by atoms with Gasteiger partial charge in [0, 0.05) is 23.5 Å². The summed E-state index contributed by atoms with van der Waals surface area (Å²) in [6, 6.07) is 27.5. The smallest absolute Gasteiger partial charge is 0.0671 e. The number of halogens is 4. The Kier molecular flexibility index (Phi) is 14.5. The maximum absolute atomic E-state index is 6.33. The van der Waals surface area contributed by atoms with E-state index in [1.807, 2.05) is 0 Å². The molecule has 0 saturated heterocycles. The van der Waals surface area contributed by atoms with E-state index < -0.39 is 0 Å². The zero-order chi connectivity index (χ0) is 33.1. The standard InChI is InChI=1S/C40H48Cl4N2/c1-5-33-13-9-29(17-21-41)25-37(33)45(38-26-30(18-22-42)10-14-34(38)6-2)46(39-27-31(19-23-43)11-15-35(39)7-3)40-28-32(20-24-44)12-16-36(40)8-4/h9-16,25-28H,5-8,17-24H2,1-4H3. The third-order valence-corrected chi connectivity index (χ3v) is 9.52. The molecule has 0 atom stereocenters. The molecule has 0 spiro atoms. The Hall–Kier alpha value is -2.36. The van der Waals surface area contributed by atoms with Crippen molar-refractivity contribution < 1.29 is 0 Å². The third kappa shape index (κ3) is 8.56. The second kappa shape index (κ2) is 18.3. The number of benzene rings is 4. The molecule has 46 heavy (non-hydrogen) atoms. The molecular formula is C40H48Cl4N2. The highest BCUT2D eigenvalue weighted by molar-refractivity contribution is 6.18. The molecule has 4 rings (SSSR count). The van der Waals surface area contributed by atoms with Crippen molar-refractivity contribution >= 4 is 69.2 Å². The van der Waals surface area contributed by atoms with Gasteiger partial charge >= 0.3 is 0 Å². The Morgan fingerprint density at radius 3 is 0.761 bits per heavy atom. The molecule has 0 amide bonds. The predicted octanol–water partition coefficient (Wildman–Crippen LogP) is 12.0. The first kappa shape index (κ1) is 36.5. The molecule has 0 radical (unpaired) electrons. The molecule has 246 valence electrons. The van der Waals surface area contributed by atoms with Crippen LogP contribution in [0, 0.1) is 0 Å². The molecule has 0 N–H and O–H groups in total. The Balaban J connectivity index is 2.22. The summed E-state index contributed by atoms with van der Waals surface area (Å²) in [5.74, 6) is 2.28. The van der Waals surface area contributed by atoms with Gasteiger partial charge in [0.2, 0.25) is 0 Å². The molecule has 4 aromatic carbocycles. The zero-order valence-electron chi connectivity index (χ0n) is 27.8. The number of hydrazine groups is 1. The Labute approximate surface area is 297 Å². The summed E-state index contributed by atoms with van der Waals surface area (Å²) >= 11 is 25.3. The van der Waals surface area contributed by atoms with E-state index in [1.165, 1.54) is 44.5 Å². The molecule has 0 aliphatic rings. The number of nitrogens with zero attached hydrogens (tertiary/aromatic N) is 2. The van der Waals surface area contributed by atoms with E-state index in [9.17, 15) is 0 Å². The summed E-state index contributed by atoms with van der Waals surface area (Å²) in [6.07, 6.45) is 6.78. The molecule has 0 saturated carbocycles. The van der Waals surface area contributed by atoms with Crippen LogP contribution in [0.25, 0.3) is 0 Å². The van der Waals surface area contributed by atoms with Crippen LogP contribution in [0.3, 0.4) is 0 Å². The van der Waals surface area contributed by atoms with Crippen LogP contribution < -0.4 is 10.0 Å². The average molecular weight is 699 g/mol. The summed E-state index contributed by atoms with van der Waals surface area (Å²) in [7, 11) is 0. The van der Waals surface area contributed by atoms with Gasteiger partial charge in [-0.05, 0) is 120 Å². The van der Waals surface area contributed by atoms with E-state index in [1.54, 1.807) is 0 Å². The first-order valence-corrected chi connectivity index (χ1v) is 18.9. The monoisotopic (exact) mass is 696 g/mol. The van der Waals surface area contributed by atoms with Crippen LogP contribution in [0.5, 0.6) is 0 Å². The van der Waals surface area contributed by atoms with Crippen LogP contribution in [-0.4, -0.2) is 23.5 Å². The van der Waals surface area contributed by atoms with E-state index in [-0.39, 0.29) is 0 Å². The molecule has 0 bridgehead atoms. The largest absolute Gasteiger partial charge is 0.248 e. The van der Waals surface area contributed by atoms with E-state index >= 15 is 0 Å². The summed E-state index contributed by atoms with van der Waals surface area (Å²) in [4.78, 5) is 0. The summed E-state index contributed by atoms with van der Waals surface area (Å²) in [5.41, 5.74) is 14.7. The molecule has 6 heteroatoms. The minimum Gasteiger partial charge on any atom is -0.248 e. The predicted molar refractivity (Wildman–Crippen MR) is 205 cm³/mol. The molecule has 0 fully saturated rings. The highest BCUT2D eigenvalue weighted by Crippen LogP contribution is 2.44. The van der Waals surface area contributed by atoms with Crippen molar-refractivity contribution in [2.24, 2.45) is 0 Å². The lowest BCUT2D eigenvalue weighted by Crippen LogP contribution is -2.38. The van der Waals surface area contributed by atoms with Gasteiger partial charge in [0.1, 0.15) is 0 Å². The van der Waals surface area contributed by atoms with Gasteiger partial charge in [0.15, 0.2) is 0 Å². The number of aryl methyl sites for hydroxylation is 8. The number of hydrogen-bond acceptors (Lipinski definition) is 2. The zero-order valence-corrected chi connectivity index (χ0v) is 30.8. The Bertz CT molecular complexity index is 1340. The van der Waals surface area contributed by atoms with E-state index in [0.717, 1.165) is 74.1 Å². The van der Waals surface area contributed by atoms with Crippen molar-refractivity contribution in [3.05, 3.63) is 117 Å².